The van der Waals surface area contributed by atoms with Gasteiger partial charge in [-0.3, -0.25) is 0 Å². The van der Waals surface area contributed by atoms with Gasteiger partial charge >= 0.3 is 0 Å². The lowest BCUT2D eigenvalue weighted by molar-refractivity contribution is 0.418. The third-order valence-electron chi connectivity index (χ3n) is 12.0. The number of benzene rings is 10. The fourth-order valence-electron chi connectivity index (χ4n) is 8.45. The van der Waals surface area contributed by atoms with Gasteiger partial charge in [-0.2, -0.15) is 0 Å². The number of ether oxygens (including phenoxy) is 5. The lowest BCUT2D eigenvalue weighted by Crippen LogP contribution is -2.09. The molecule has 0 fully saturated rings. The largest absolute Gasteiger partial charge is 0.495 e. The Kier molecular flexibility index (Phi) is 13.6. The van der Waals surface area contributed by atoms with Crippen molar-refractivity contribution < 1.29 is 23.7 Å². The molecule has 0 aliphatic heterocycles. The predicted molar refractivity (Wildman–Crippen MR) is 297 cm³/mol. The molecule has 0 saturated carbocycles. The summed E-state index contributed by atoms with van der Waals surface area (Å²) in [5.74, 6) is 6.98. The quantitative estimate of drug-likeness (QED) is 0.0901. The molecule has 0 atom stereocenters. The van der Waals surface area contributed by atoms with Crippen molar-refractivity contribution in [3.05, 3.63) is 273 Å². The monoisotopic (exact) mass is 968 g/mol. The summed E-state index contributed by atoms with van der Waals surface area (Å²) in [6.45, 7) is 0. The van der Waals surface area contributed by atoms with Crippen molar-refractivity contribution in [3.63, 3.8) is 0 Å². The van der Waals surface area contributed by atoms with Crippen molar-refractivity contribution in [2.45, 2.75) is 0 Å². The summed E-state index contributed by atoms with van der Waals surface area (Å²) < 4.78 is 30.7. The van der Waals surface area contributed by atoms with Crippen molar-refractivity contribution in [2.24, 2.45) is 0 Å². The van der Waals surface area contributed by atoms with Gasteiger partial charge in [0.2, 0.25) is 0 Å². The second-order valence-electron chi connectivity index (χ2n) is 16.9. The molecule has 0 aliphatic carbocycles. The van der Waals surface area contributed by atoms with E-state index in [0.717, 1.165) is 107 Å². The van der Waals surface area contributed by atoms with Gasteiger partial charge in [-0.1, -0.05) is 97.1 Å². The van der Waals surface area contributed by atoms with Gasteiger partial charge in [0.15, 0.2) is 0 Å². The van der Waals surface area contributed by atoms with E-state index in [0.29, 0.717) is 0 Å². The number of thiophene rings is 1. The average Bonchev–Trinajstić information content (AvgIpc) is 3.89. The highest BCUT2D eigenvalue weighted by Crippen LogP contribution is 2.46. The molecular weight excluding hydrogens is 921 g/mol. The fraction of sp³-hybridized carbons (Fsp3) is 0.0154. The molecule has 11 aromatic rings. The highest BCUT2D eigenvalue weighted by atomic mass is 32.1. The van der Waals surface area contributed by atoms with Crippen LogP contribution in [-0.4, -0.2) is 7.11 Å². The van der Waals surface area contributed by atoms with E-state index in [4.69, 9.17) is 23.7 Å². The van der Waals surface area contributed by atoms with Crippen molar-refractivity contribution >= 4 is 45.5 Å². The van der Waals surface area contributed by atoms with E-state index in [1.54, 1.807) is 18.4 Å². The Morgan fingerprint density at radius 3 is 0.795 bits per heavy atom. The van der Waals surface area contributed by atoms with Gasteiger partial charge in [-0.05, 0) is 187 Å². The Labute approximate surface area is 429 Å². The van der Waals surface area contributed by atoms with E-state index in [9.17, 15) is 0 Å². The van der Waals surface area contributed by atoms with Gasteiger partial charge in [-0.15, -0.1) is 11.3 Å². The first-order valence-corrected chi connectivity index (χ1v) is 24.7. The standard InChI is InChI=1S/C65H48N2O5S/c1-68-63-46-64(47-22-26-49(27-23-47)66(51-30-38-59(39-31-51)69-55-14-6-2-7-15-55)52-32-40-60(41-33-52)70-56-16-8-3-9-17-56)73-65(63)48-24-28-50(29-25-48)67(53-34-42-61(43-35-53)71-57-18-10-4-11-19-57)54-36-44-62(45-37-54)72-58-20-12-5-13-21-58/h2-46H,1H3. The zero-order chi connectivity index (χ0) is 49.2. The summed E-state index contributed by atoms with van der Waals surface area (Å²) >= 11 is 1.71. The minimum atomic E-state index is 0.754. The number of nitrogens with zero attached hydrogens (tertiary/aromatic N) is 2. The summed E-state index contributed by atoms with van der Waals surface area (Å²) in [5, 5.41) is 0. The maximum absolute atomic E-state index is 6.15. The Bertz CT molecular complexity index is 3320. The molecule has 0 aliphatic rings. The van der Waals surface area contributed by atoms with Gasteiger partial charge in [-0.25, -0.2) is 0 Å². The Hall–Kier alpha value is -9.50. The van der Waals surface area contributed by atoms with Gasteiger partial charge in [0.25, 0.3) is 0 Å². The van der Waals surface area contributed by atoms with E-state index in [-0.39, 0.29) is 0 Å². The van der Waals surface area contributed by atoms with Crippen LogP contribution in [-0.2, 0) is 0 Å². The third-order valence-corrected chi connectivity index (χ3v) is 13.2. The molecule has 0 unspecified atom stereocenters. The normalized spacial score (nSPS) is 10.8. The topological polar surface area (TPSA) is 52.6 Å². The molecule has 7 nitrogen and oxygen atoms in total. The number of hydrogen-bond acceptors (Lipinski definition) is 8. The van der Waals surface area contributed by atoms with Crippen LogP contribution in [0.1, 0.15) is 0 Å². The summed E-state index contributed by atoms with van der Waals surface area (Å²) in [6, 6.07) is 91.3. The first-order chi connectivity index (χ1) is 36.1. The highest BCUT2D eigenvalue weighted by Gasteiger charge is 2.19. The SMILES string of the molecule is COc1cc(-c2ccc(N(c3ccc(Oc4ccccc4)cc3)c3ccc(Oc4ccccc4)cc3)cc2)sc1-c1ccc(N(c2ccc(Oc3ccccc3)cc2)c2ccc(Oc3ccccc3)cc2)cc1. The molecule has 0 amide bonds. The number of para-hydroxylation sites is 4. The molecule has 0 radical (unpaired) electrons. The summed E-state index contributed by atoms with van der Waals surface area (Å²) in [7, 11) is 1.73. The van der Waals surface area contributed by atoms with E-state index >= 15 is 0 Å². The average molecular weight is 969 g/mol. The molecule has 0 N–H and O–H groups in total. The highest BCUT2D eigenvalue weighted by molar-refractivity contribution is 7.19. The van der Waals surface area contributed by atoms with E-state index < -0.39 is 0 Å². The molecular formula is C65H48N2O5S. The molecule has 8 heteroatoms. The molecule has 1 aromatic heterocycles. The van der Waals surface area contributed by atoms with Crippen LogP contribution in [0.5, 0.6) is 51.7 Å². The van der Waals surface area contributed by atoms with E-state index in [1.807, 2.05) is 170 Å². The zero-order valence-corrected chi connectivity index (χ0v) is 40.6. The number of methoxy groups -OCH3 is 1. The first kappa shape index (κ1) is 45.9. The lowest BCUT2D eigenvalue weighted by Gasteiger charge is -2.26. The van der Waals surface area contributed by atoms with Gasteiger partial charge in [0.1, 0.15) is 51.7 Å². The van der Waals surface area contributed by atoms with Crippen molar-refractivity contribution in [2.75, 3.05) is 16.9 Å². The van der Waals surface area contributed by atoms with Crippen LogP contribution in [0.3, 0.4) is 0 Å². The molecule has 73 heavy (non-hydrogen) atoms. The minimum absolute atomic E-state index is 0.754. The number of anilines is 6. The molecule has 10 aromatic carbocycles. The Morgan fingerprint density at radius 2 is 0.521 bits per heavy atom. The van der Waals surface area contributed by atoms with Gasteiger partial charge in [0, 0.05) is 39.0 Å². The number of hydrogen-bond donors (Lipinski definition) is 0. The fourth-order valence-corrected chi connectivity index (χ4v) is 9.59. The van der Waals surface area contributed by atoms with Crippen LogP contribution < -0.4 is 33.5 Å². The van der Waals surface area contributed by atoms with Crippen LogP contribution in [0, 0.1) is 0 Å². The number of rotatable bonds is 17. The van der Waals surface area contributed by atoms with Crippen molar-refractivity contribution in [1.82, 2.24) is 0 Å². The van der Waals surface area contributed by atoms with Crippen LogP contribution in [0.15, 0.2) is 273 Å². The smallest absolute Gasteiger partial charge is 0.138 e. The molecule has 0 spiro atoms. The molecule has 1 heterocycles. The third kappa shape index (κ3) is 11.0. The van der Waals surface area contributed by atoms with Crippen LogP contribution in [0.2, 0.25) is 0 Å². The van der Waals surface area contributed by atoms with Crippen LogP contribution in [0.25, 0.3) is 20.9 Å². The second kappa shape index (κ2) is 21.6. The summed E-state index contributed by atoms with van der Waals surface area (Å²) in [6.07, 6.45) is 0. The van der Waals surface area contributed by atoms with E-state index in [2.05, 4.69) is 113 Å². The van der Waals surface area contributed by atoms with Gasteiger partial charge in [0.05, 0.1) is 12.0 Å². The maximum Gasteiger partial charge on any atom is 0.138 e. The van der Waals surface area contributed by atoms with Crippen LogP contribution in [0.4, 0.5) is 34.1 Å². The zero-order valence-electron chi connectivity index (χ0n) is 39.8. The predicted octanol–water partition coefficient (Wildman–Crippen LogP) is 19.2. The Morgan fingerprint density at radius 1 is 0.274 bits per heavy atom. The Balaban J connectivity index is 0.865. The van der Waals surface area contributed by atoms with Gasteiger partial charge < -0.3 is 33.5 Å². The van der Waals surface area contributed by atoms with Crippen molar-refractivity contribution in [1.29, 1.82) is 0 Å². The summed E-state index contributed by atoms with van der Waals surface area (Å²) in [5.41, 5.74) is 8.04. The summed E-state index contributed by atoms with van der Waals surface area (Å²) in [4.78, 5) is 6.59. The molecule has 354 valence electrons. The lowest BCUT2D eigenvalue weighted by atomic mass is 10.1. The van der Waals surface area contributed by atoms with E-state index in [1.165, 1.54) is 0 Å². The van der Waals surface area contributed by atoms with Crippen LogP contribution >= 0.6 is 11.3 Å². The molecule has 11 rings (SSSR count). The molecule has 0 bridgehead atoms. The molecule has 0 saturated heterocycles. The minimum Gasteiger partial charge on any atom is -0.495 e. The first-order valence-electron chi connectivity index (χ1n) is 23.9. The maximum atomic E-state index is 6.15. The second-order valence-corrected chi connectivity index (χ2v) is 18.0. The van der Waals surface area contributed by atoms with Crippen molar-refractivity contribution in [3.8, 4) is 72.6 Å².